The number of aliphatic imine (C=N–C) groups is 1. The molecule has 6 nitrogen and oxygen atoms in total. The van der Waals surface area contributed by atoms with Crippen molar-refractivity contribution in [2.75, 3.05) is 26.7 Å². The molecule has 0 aliphatic rings. The molecule has 0 saturated carbocycles. The molecule has 1 amide bonds. The molecule has 0 fully saturated rings. The van der Waals surface area contributed by atoms with E-state index in [2.05, 4.69) is 33.1 Å². The molecule has 0 spiro atoms. The second-order valence-electron chi connectivity index (χ2n) is 5.70. The van der Waals surface area contributed by atoms with Crippen LogP contribution in [0.25, 0.3) is 0 Å². The Hall–Kier alpha value is -2.76. The van der Waals surface area contributed by atoms with Gasteiger partial charge in [0.15, 0.2) is 11.7 Å². The molecule has 0 unspecified atom stereocenters. The van der Waals surface area contributed by atoms with Gasteiger partial charge in [-0.3, -0.25) is 9.79 Å². The normalized spacial score (nSPS) is 11.2. The number of nitrogens with zero attached hydrogens (tertiary/aromatic N) is 1. The predicted octanol–water partition coefficient (Wildman–Crippen LogP) is 2.12. The molecular weight excluding hydrogens is 316 g/mol. The molecule has 0 bridgehead atoms. The topological polar surface area (TPSA) is 78.7 Å². The first-order valence-corrected chi connectivity index (χ1v) is 8.51. The Balaban J connectivity index is 1.58. The van der Waals surface area contributed by atoms with Gasteiger partial charge < -0.3 is 20.4 Å². The standard InChI is InChI=1S/C19H26N4O2/c1-15-10-14-25-17(15)18(24)21-11-6-12-22-19(20-2)23-13-9-16-7-4-3-5-8-16/h3-5,7-8,10,14H,6,9,11-13H2,1-2H3,(H,21,24)(H2,20,22,23). The number of hydrogen-bond acceptors (Lipinski definition) is 3. The molecule has 6 heteroatoms. The van der Waals surface area contributed by atoms with Crippen LogP contribution in [0.4, 0.5) is 0 Å². The zero-order valence-corrected chi connectivity index (χ0v) is 14.8. The fraction of sp³-hybridized carbons (Fsp3) is 0.368. The molecule has 3 N–H and O–H groups in total. The van der Waals surface area contributed by atoms with Gasteiger partial charge in [-0.1, -0.05) is 30.3 Å². The van der Waals surface area contributed by atoms with E-state index >= 15 is 0 Å². The zero-order valence-electron chi connectivity index (χ0n) is 14.8. The molecule has 0 radical (unpaired) electrons. The van der Waals surface area contributed by atoms with Crippen molar-refractivity contribution < 1.29 is 9.21 Å². The Morgan fingerprint density at radius 1 is 1.04 bits per heavy atom. The molecule has 2 aromatic rings. The van der Waals surface area contributed by atoms with E-state index in [0.29, 0.717) is 12.3 Å². The maximum Gasteiger partial charge on any atom is 0.287 e. The van der Waals surface area contributed by atoms with Crippen LogP contribution in [0.1, 0.15) is 28.1 Å². The second kappa shape index (κ2) is 10.2. The van der Waals surface area contributed by atoms with E-state index in [4.69, 9.17) is 4.42 Å². The van der Waals surface area contributed by atoms with E-state index in [1.165, 1.54) is 11.8 Å². The second-order valence-corrected chi connectivity index (χ2v) is 5.70. The van der Waals surface area contributed by atoms with Crippen LogP contribution >= 0.6 is 0 Å². The molecular formula is C19H26N4O2. The summed E-state index contributed by atoms with van der Waals surface area (Å²) in [6.07, 6.45) is 3.27. The number of carbonyl (C=O) groups excluding carboxylic acids is 1. The minimum atomic E-state index is -0.173. The van der Waals surface area contributed by atoms with Crippen molar-refractivity contribution in [2.45, 2.75) is 19.8 Å². The van der Waals surface area contributed by atoms with Gasteiger partial charge in [0.2, 0.25) is 0 Å². The Kier molecular flexibility index (Phi) is 7.56. The van der Waals surface area contributed by atoms with Gasteiger partial charge in [0.25, 0.3) is 5.91 Å². The largest absolute Gasteiger partial charge is 0.459 e. The molecule has 0 saturated heterocycles. The third kappa shape index (κ3) is 6.33. The highest BCUT2D eigenvalue weighted by molar-refractivity contribution is 5.92. The van der Waals surface area contributed by atoms with Gasteiger partial charge in [0.1, 0.15) is 0 Å². The van der Waals surface area contributed by atoms with Crippen LogP contribution in [0.15, 0.2) is 52.1 Å². The van der Waals surface area contributed by atoms with E-state index in [9.17, 15) is 4.79 Å². The molecule has 1 aromatic heterocycles. The molecule has 0 atom stereocenters. The van der Waals surface area contributed by atoms with E-state index in [-0.39, 0.29) is 5.91 Å². The zero-order chi connectivity index (χ0) is 17.9. The first-order valence-electron chi connectivity index (χ1n) is 8.51. The molecule has 134 valence electrons. The summed E-state index contributed by atoms with van der Waals surface area (Å²) in [4.78, 5) is 16.1. The maximum atomic E-state index is 11.9. The number of aryl methyl sites for hydroxylation is 1. The van der Waals surface area contributed by atoms with Gasteiger partial charge in [-0.05, 0) is 31.4 Å². The highest BCUT2D eigenvalue weighted by Gasteiger charge is 2.11. The lowest BCUT2D eigenvalue weighted by Gasteiger charge is -2.12. The van der Waals surface area contributed by atoms with E-state index in [0.717, 1.165) is 37.5 Å². The summed E-state index contributed by atoms with van der Waals surface area (Å²) >= 11 is 0. The third-order valence-electron chi connectivity index (χ3n) is 3.77. The number of hydrogen-bond donors (Lipinski definition) is 3. The molecule has 25 heavy (non-hydrogen) atoms. The number of rotatable bonds is 8. The Bertz CT molecular complexity index is 680. The van der Waals surface area contributed by atoms with E-state index in [1.54, 1.807) is 13.1 Å². The van der Waals surface area contributed by atoms with Crippen molar-refractivity contribution in [3.05, 3.63) is 59.5 Å². The van der Waals surface area contributed by atoms with Gasteiger partial charge >= 0.3 is 0 Å². The van der Waals surface area contributed by atoms with Crippen molar-refractivity contribution in [3.8, 4) is 0 Å². The fourth-order valence-corrected chi connectivity index (χ4v) is 2.37. The van der Waals surface area contributed by atoms with Crippen LogP contribution in [0.5, 0.6) is 0 Å². The molecule has 0 aliphatic heterocycles. The quantitative estimate of drug-likeness (QED) is 0.390. The fourth-order valence-electron chi connectivity index (χ4n) is 2.37. The van der Waals surface area contributed by atoms with Crippen LogP contribution < -0.4 is 16.0 Å². The smallest absolute Gasteiger partial charge is 0.287 e. The van der Waals surface area contributed by atoms with Crippen LogP contribution in [-0.2, 0) is 6.42 Å². The number of amides is 1. The molecule has 0 aliphatic carbocycles. The number of furan rings is 1. The average molecular weight is 342 g/mol. The van der Waals surface area contributed by atoms with Crippen molar-refractivity contribution in [2.24, 2.45) is 4.99 Å². The van der Waals surface area contributed by atoms with Crippen molar-refractivity contribution >= 4 is 11.9 Å². The lowest BCUT2D eigenvalue weighted by molar-refractivity contribution is 0.0925. The highest BCUT2D eigenvalue weighted by atomic mass is 16.3. The average Bonchev–Trinajstić information content (AvgIpc) is 3.06. The van der Waals surface area contributed by atoms with Crippen LogP contribution in [0.3, 0.4) is 0 Å². The van der Waals surface area contributed by atoms with Gasteiger partial charge in [0.05, 0.1) is 6.26 Å². The minimum absolute atomic E-state index is 0.173. The van der Waals surface area contributed by atoms with Crippen LogP contribution in [0.2, 0.25) is 0 Å². The molecule has 2 rings (SSSR count). The van der Waals surface area contributed by atoms with Crippen LogP contribution in [0, 0.1) is 6.92 Å². The SMILES string of the molecule is CN=C(NCCCNC(=O)c1occc1C)NCCc1ccccc1. The summed E-state index contributed by atoms with van der Waals surface area (Å²) < 4.78 is 5.16. The summed E-state index contributed by atoms with van der Waals surface area (Å²) in [5, 5.41) is 9.37. The monoisotopic (exact) mass is 342 g/mol. The lowest BCUT2D eigenvalue weighted by Crippen LogP contribution is -2.39. The first-order chi connectivity index (χ1) is 12.2. The minimum Gasteiger partial charge on any atom is -0.459 e. The Morgan fingerprint density at radius 3 is 2.44 bits per heavy atom. The van der Waals surface area contributed by atoms with Crippen molar-refractivity contribution in [1.82, 2.24) is 16.0 Å². The van der Waals surface area contributed by atoms with Gasteiger partial charge in [0, 0.05) is 32.2 Å². The summed E-state index contributed by atoms with van der Waals surface area (Å²) in [5.41, 5.74) is 2.14. The number of guanidine groups is 1. The number of benzene rings is 1. The van der Waals surface area contributed by atoms with Crippen LogP contribution in [-0.4, -0.2) is 38.5 Å². The third-order valence-corrected chi connectivity index (χ3v) is 3.77. The number of nitrogens with one attached hydrogen (secondary N) is 3. The summed E-state index contributed by atoms with van der Waals surface area (Å²) in [6, 6.07) is 12.1. The Morgan fingerprint density at radius 2 is 1.76 bits per heavy atom. The summed E-state index contributed by atoms with van der Waals surface area (Å²) in [5.74, 6) is 0.975. The summed E-state index contributed by atoms with van der Waals surface area (Å²) in [7, 11) is 1.75. The van der Waals surface area contributed by atoms with E-state index in [1.807, 2.05) is 25.1 Å². The van der Waals surface area contributed by atoms with Crippen molar-refractivity contribution in [3.63, 3.8) is 0 Å². The van der Waals surface area contributed by atoms with Gasteiger partial charge in [-0.15, -0.1) is 0 Å². The molecule has 1 heterocycles. The van der Waals surface area contributed by atoms with Gasteiger partial charge in [-0.25, -0.2) is 0 Å². The first kappa shape index (κ1) is 18.6. The molecule has 1 aromatic carbocycles. The lowest BCUT2D eigenvalue weighted by atomic mass is 10.1. The van der Waals surface area contributed by atoms with Gasteiger partial charge in [-0.2, -0.15) is 0 Å². The Labute approximate surface area is 148 Å². The number of carbonyl (C=O) groups is 1. The summed E-state index contributed by atoms with van der Waals surface area (Å²) in [6.45, 7) is 3.97. The maximum absolute atomic E-state index is 11.9. The van der Waals surface area contributed by atoms with Crippen molar-refractivity contribution in [1.29, 1.82) is 0 Å². The highest BCUT2D eigenvalue weighted by Crippen LogP contribution is 2.07. The van der Waals surface area contributed by atoms with E-state index < -0.39 is 0 Å². The predicted molar refractivity (Wildman–Crippen MR) is 99.9 cm³/mol.